The van der Waals surface area contributed by atoms with E-state index in [4.69, 9.17) is 10.5 Å². The molecule has 0 bridgehead atoms. The van der Waals surface area contributed by atoms with Gasteiger partial charge in [-0.3, -0.25) is 0 Å². The number of hydrogen-bond acceptors (Lipinski definition) is 3. The Morgan fingerprint density at radius 3 is 2.94 bits per heavy atom. The number of hydrogen-bond donors (Lipinski definition) is 1. The number of aromatic nitrogens is 2. The third-order valence-electron chi connectivity index (χ3n) is 2.57. The van der Waals surface area contributed by atoms with Crippen molar-refractivity contribution in [2.24, 2.45) is 12.8 Å². The molecule has 2 rings (SSSR count). The van der Waals surface area contributed by atoms with Crippen molar-refractivity contribution >= 4 is 11.0 Å². The lowest BCUT2D eigenvalue weighted by molar-refractivity contribution is 0.177. The molecule has 0 amide bonds. The van der Waals surface area contributed by atoms with Crippen LogP contribution < -0.4 is 5.73 Å². The third kappa shape index (κ3) is 1.68. The van der Waals surface area contributed by atoms with Gasteiger partial charge in [0.25, 0.3) is 0 Å². The van der Waals surface area contributed by atoms with Crippen LogP contribution in [-0.2, 0) is 11.8 Å². The number of halogens is 1. The summed E-state index contributed by atoms with van der Waals surface area (Å²) in [6.07, 6.45) is 0. The summed E-state index contributed by atoms with van der Waals surface area (Å²) in [6.45, 7) is 0.360. The first-order valence-electron chi connectivity index (χ1n) is 5.00. The molecule has 0 aliphatic heterocycles. The first kappa shape index (κ1) is 11.0. The SMILES string of the molecule is COCC(N)c1nc2c(F)cccc2n1C. The van der Waals surface area contributed by atoms with Crippen LogP contribution in [0.1, 0.15) is 11.9 Å². The minimum Gasteiger partial charge on any atom is -0.383 e. The maximum atomic E-state index is 13.5. The van der Waals surface area contributed by atoms with Crippen molar-refractivity contribution in [3.05, 3.63) is 29.8 Å². The molecule has 0 aliphatic rings. The van der Waals surface area contributed by atoms with E-state index in [9.17, 15) is 4.39 Å². The van der Waals surface area contributed by atoms with E-state index in [0.29, 0.717) is 17.9 Å². The molecule has 1 aromatic carbocycles. The maximum absolute atomic E-state index is 13.5. The molecule has 1 heterocycles. The summed E-state index contributed by atoms with van der Waals surface area (Å²) < 4.78 is 20.2. The molecule has 16 heavy (non-hydrogen) atoms. The Hall–Kier alpha value is -1.46. The fourth-order valence-electron chi connectivity index (χ4n) is 1.78. The lowest BCUT2D eigenvalue weighted by atomic mass is 10.3. The number of rotatable bonds is 3. The van der Waals surface area contributed by atoms with Gasteiger partial charge < -0.3 is 15.0 Å². The number of methoxy groups -OCH3 is 1. The minimum atomic E-state index is -0.346. The van der Waals surface area contributed by atoms with Crippen LogP contribution >= 0.6 is 0 Å². The van der Waals surface area contributed by atoms with Crippen molar-refractivity contribution in [3.63, 3.8) is 0 Å². The lowest BCUT2D eigenvalue weighted by Crippen LogP contribution is -2.20. The fraction of sp³-hybridized carbons (Fsp3) is 0.364. The summed E-state index contributed by atoms with van der Waals surface area (Å²) in [4.78, 5) is 4.21. The number of nitrogens with two attached hydrogens (primary N) is 1. The van der Waals surface area contributed by atoms with Crippen LogP contribution in [-0.4, -0.2) is 23.3 Å². The molecule has 1 unspecified atom stereocenters. The van der Waals surface area contributed by atoms with E-state index in [2.05, 4.69) is 4.98 Å². The lowest BCUT2D eigenvalue weighted by Gasteiger charge is -2.09. The minimum absolute atomic E-state index is 0.330. The van der Waals surface area contributed by atoms with Crippen molar-refractivity contribution < 1.29 is 9.13 Å². The molecular formula is C11H14FN3O. The Morgan fingerprint density at radius 1 is 1.56 bits per heavy atom. The van der Waals surface area contributed by atoms with E-state index in [-0.39, 0.29) is 11.9 Å². The molecule has 0 fully saturated rings. The van der Waals surface area contributed by atoms with Gasteiger partial charge in [-0.05, 0) is 12.1 Å². The number of aryl methyl sites for hydroxylation is 1. The normalized spacial score (nSPS) is 13.2. The molecule has 4 nitrogen and oxygen atoms in total. The van der Waals surface area contributed by atoms with Gasteiger partial charge in [0.15, 0.2) is 5.82 Å². The highest BCUT2D eigenvalue weighted by Crippen LogP contribution is 2.20. The van der Waals surface area contributed by atoms with Crippen LogP contribution in [0.15, 0.2) is 18.2 Å². The van der Waals surface area contributed by atoms with Gasteiger partial charge in [0.05, 0.1) is 18.2 Å². The van der Waals surface area contributed by atoms with Gasteiger partial charge in [-0.2, -0.15) is 0 Å². The predicted molar refractivity (Wildman–Crippen MR) is 59.5 cm³/mol. The first-order chi connectivity index (χ1) is 7.65. The Labute approximate surface area is 92.8 Å². The van der Waals surface area contributed by atoms with Crippen LogP contribution in [0.4, 0.5) is 4.39 Å². The van der Waals surface area contributed by atoms with Crippen LogP contribution in [0, 0.1) is 5.82 Å². The van der Waals surface area contributed by atoms with Gasteiger partial charge >= 0.3 is 0 Å². The second kappa shape index (κ2) is 4.19. The summed E-state index contributed by atoms with van der Waals surface area (Å²) >= 11 is 0. The first-order valence-corrected chi connectivity index (χ1v) is 5.00. The molecular weight excluding hydrogens is 209 g/mol. The van der Waals surface area contributed by atoms with E-state index in [1.807, 2.05) is 13.1 Å². The molecule has 86 valence electrons. The number of benzene rings is 1. The van der Waals surface area contributed by atoms with Crippen molar-refractivity contribution in [3.8, 4) is 0 Å². The molecule has 1 aromatic heterocycles. The number of imidazole rings is 1. The van der Waals surface area contributed by atoms with Crippen LogP contribution in [0.25, 0.3) is 11.0 Å². The van der Waals surface area contributed by atoms with Crippen molar-refractivity contribution in [1.29, 1.82) is 0 Å². The quantitative estimate of drug-likeness (QED) is 0.854. The zero-order valence-corrected chi connectivity index (χ0v) is 9.27. The van der Waals surface area contributed by atoms with E-state index in [0.717, 1.165) is 5.52 Å². The summed E-state index contributed by atoms with van der Waals surface area (Å²) in [5, 5.41) is 0. The topological polar surface area (TPSA) is 53.1 Å². The van der Waals surface area contributed by atoms with E-state index in [1.165, 1.54) is 6.07 Å². The number of ether oxygens (including phenoxy) is 1. The Morgan fingerprint density at radius 2 is 2.31 bits per heavy atom. The van der Waals surface area contributed by atoms with Gasteiger partial charge in [-0.15, -0.1) is 0 Å². The van der Waals surface area contributed by atoms with E-state index < -0.39 is 0 Å². The van der Waals surface area contributed by atoms with Gasteiger partial charge in [-0.25, -0.2) is 9.37 Å². The molecule has 0 saturated carbocycles. The average molecular weight is 223 g/mol. The molecule has 0 spiro atoms. The number of para-hydroxylation sites is 1. The maximum Gasteiger partial charge on any atom is 0.151 e. The zero-order valence-electron chi connectivity index (χ0n) is 9.27. The summed E-state index contributed by atoms with van der Waals surface area (Å²) in [5.74, 6) is 0.297. The van der Waals surface area contributed by atoms with Crippen LogP contribution in [0.3, 0.4) is 0 Å². The Kier molecular flexibility index (Phi) is 2.89. The average Bonchev–Trinajstić information content (AvgIpc) is 2.59. The van der Waals surface area contributed by atoms with Crippen molar-refractivity contribution in [2.75, 3.05) is 13.7 Å². The zero-order chi connectivity index (χ0) is 11.7. The molecule has 2 N–H and O–H groups in total. The molecule has 5 heteroatoms. The highest BCUT2D eigenvalue weighted by Gasteiger charge is 2.16. The van der Waals surface area contributed by atoms with Gasteiger partial charge in [0, 0.05) is 14.2 Å². The number of nitrogens with zero attached hydrogens (tertiary/aromatic N) is 2. The highest BCUT2D eigenvalue weighted by atomic mass is 19.1. The molecule has 0 aliphatic carbocycles. The highest BCUT2D eigenvalue weighted by molar-refractivity contribution is 5.76. The van der Waals surface area contributed by atoms with E-state index >= 15 is 0 Å². The Balaban J connectivity index is 2.55. The number of fused-ring (bicyclic) bond motifs is 1. The summed E-state index contributed by atoms with van der Waals surface area (Å²) in [5.41, 5.74) is 6.98. The third-order valence-corrected chi connectivity index (χ3v) is 2.57. The molecule has 1 atom stereocenters. The van der Waals surface area contributed by atoms with Crippen molar-refractivity contribution in [2.45, 2.75) is 6.04 Å². The molecule has 0 radical (unpaired) electrons. The fourth-order valence-corrected chi connectivity index (χ4v) is 1.78. The monoisotopic (exact) mass is 223 g/mol. The van der Waals surface area contributed by atoms with Crippen molar-refractivity contribution in [1.82, 2.24) is 9.55 Å². The smallest absolute Gasteiger partial charge is 0.151 e. The van der Waals surface area contributed by atoms with E-state index in [1.54, 1.807) is 17.7 Å². The van der Waals surface area contributed by atoms with Gasteiger partial charge in [-0.1, -0.05) is 6.07 Å². The molecule has 2 aromatic rings. The Bertz CT molecular complexity index is 509. The molecule has 0 saturated heterocycles. The largest absolute Gasteiger partial charge is 0.383 e. The van der Waals surface area contributed by atoms with Crippen LogP contribution in [0.5, 0.6) is 0 Å². The second-order valence-corrected chi connectivity index (χ2v) is 3.70. The summed E-state index contributed by atoms with van der Waals surface area (Å²) in [6, 6.07) is 4.52. The second-order valence-electron chi connectivity index (χ2n) is 3.70. The van der Waals surface area contributed by atoms with Crippen LogP contribution in [0.2, 0.25) is 0 Å². The van der Waals surface area contributed by atoms with Gasteiger partial charge in [0.1, 0.15) is 11.3 Å². The van der Waals surface area contributed by atoms with Gasteiger partial charge in [0.2, 0.25) is 0 Å². The summed E-state index contributed by atoms with van der Waals surface area (Å²) in [7, 11) is 3.39. The predicted octanol–water partition coefficient (Wildman–Crippen LogP) is 1.36. The standard InChI is InChI=1S/C11H14FN3O/c1-15-9-5-3-4-7(12)10(9)14-11(15)8(13)6-16-2/h3-5,8H,6,13H2,1-2H3.